The number of carbonyl (C=O) groups is 1. The fraction of sp³-hybridized carbons (Fsp3) is 0.250. The van der Waals surface area contributed by atoms with Crippen molar-refractivity contribution in [1.29, 1.82) is 0 Å². The molecule has 0 spiro atoms. The molecular weight excluding hydrogens is 326 g/mol. The van der Waals surface area contributed by atoms with E-state index in [2.05, 4.69) is 15.3 Å². The van der Waals surface area contributed by atoms with E-state index in [1.807, 2.05) is 59.0 Å². The van der Waals surface area contributed by atoms with Crippen molar-refractivity contribution in [3.8, 4) is 0 Å². The molecule has 1 N–H and O–H groups in total. The Morgan fingerprint density at radius 3 is 2.69 bits per heavy atom. The van der Waals surface area contributed by atoms with Gasteiger partial charge < -0.3 is 14.8 Å². The smallest absolute Gasteiger partial charge is 0.322 e. The topological polar surface area (TPSA) is 63.1 Å². The van der Waals surface area contributed by atoms with E-state index in [1.54, 1.807) is 24.9 Å². The van der Waals surface area contributed by atoms with Crippen LogP contribution in [0.3, 0.4) is 0 Å². The summed E-state index contributed by atoms with van der Waals surface area (Å²) in [6.07, 6.45) is 9.85. The van der Waals surface area contributed by atoms with Crippen LogP contribution in [0.2, 0.25) is 0 Å². The van der Waals surface area contributed by atoms with Crippen LogP contribution in [0.5, 0.6) is 0 Å². The van der Waals surface area contributed by atoms with Gasteiger partial charge in [0.05, 0.1) is 6.33 Å². The molecule has 0 fully saturated rings. The predicted octanol–water partition coefficient (Wildman–Crippen LogP) is 3.71. The molecule has 2 amide bonds. The van der Waals surface area contributed by atoms with E-state index in [0.29, 0.717) is 13.1 Å². The zero-order chi connectivity index (χ0) is 18.2. The summed E-state index contributed by atoms with van der Waals surface area (Å²) in [6.45, 7) is 4.01. The first-order valence-electron chi connectivity index (χ1n) is 8.68. The monoisotopic (exact) mass is 349 g/mol. The van der Waals surface area contributed by atoms with Crippen molar-refractivity contribution in [2.24, 2.45) is 0 Å². The molecule has 0 radical (unpaired) electrons. The fourth-order valence-electron chi connectivity index (χ4n) is 2.67. The molecular formula is C20H23N5O. The van der Waals surface area contributed by atoms with Gasteiger partial charge in [-0.15, -0.1) is 0 Å². The Labute approximate surface area is 153 Å². The van der Waals surface area contributed by atoms with Gasteiger partial charge in [-0.1, -0.05) is 23.8 Å². The highest BCUT2D eigenvalue weighted by molar-refractivity contribution is 5.89. The molecule has 0 atom stereocenters. The van der Waals surface area contributed by atoms with E-state index in [0.717, 1.165) is 29.8 Å². The molecule has 3 aromatic rings. The largest absolute Gasteiger partial charge is 0.337 e. The van der Waals surface area contributed by atoms with Crippen molar-refractivity contribution in [3.05, 3.63) is 78.6 Å². The molecule has 134 valence electrons. The van der Waals surface area contributed by atoms with E-state index >= 15 is 0 Å². The summed E-state index contributed by atoms with van der Waals surface area (Å²) in [7, 11) is 0. The second kappa shape index (κ2) is 8.80. The quantitative estimate of drug-likeness (QED) is 0.707. The Morgan fingerprint density at radius 1 is 1.15 bits per heavy atom. The van der Waals surface area contributed by atoms with Gasteiger partial charge in [-0.3, -0.25) is 4.98 Å². The number of benzene rings is 1. The Hall–Kier alpha value is -3.15. The number of aromatic nitrogens is 3. The van der Waals surface area contributed by atoms with Gasteiger partial charge in [0.25, 0.3) is 0 Å². The minimum absolute atomic E-state index is 0.108. The van der Waals surface area contributed by atoms with Crippen LogP contribution in [-0.2, 0) is 13.1 Å². The van der Waals surface area contributed by atoms with E-state index in [-0.39, 0.29) is 6.03 Å². The Balaban J connectivity index is 1.64. The fourth-order valence-corrected chi connectivity index (χ4v) is 2.67. The Morgan fingerprint density at radius 2 is 2.00 bits per heavy atom. The third-order valence-corrected chi connectivity index (χ3v) is 4.09. The number of hydrogen-bond acceptors (Lipinski definition) is 3. The number of aryl methyl sites for hydroxylation is 2. The molecule has 1 aromatic carbocycles. The molecule has 0 aliphatic carbocycles. The summed E-state index contributed by atoms with van der Waals surface area (Å²) in [6, 6.07) is 11.6. The first-order chi connectivity index (χ1) is 12.7. The lowest BCUT2D eigenvalue weighted by atomic mass is 10.2. The van der Waals surface area contributed by atoms with Crippen LogP contribution in [0.4, 0.5) is 10.5 Å². The van der Waals surface area contributed by atoms with E-state index in [4.69, 9.17) is 0 Å². The zero-order valence-electron chi connectivity index (χ0n) is 14.9. The van der Waals surface area contributed by atoms with Crippen LogP contribution in [-0.4, -0.2) is 32.0 Å². The molecule has 3 rings (SSSR count). The maximum atomic E-state index is 12.8. The number of nitrogens with zero attached hydrogens (tertiary/aromatic N) is 4. The van der Waals surface area contributed by atoms with E-state index < -0.39 is 0 Å². The molecule has 0 saturated carbocycles. The summed E-state index contributed by atoms with van der Waals surface area (Å²) < 4.78 is 2.01. The van der Waals surface area contributed by atoms with Crippen LogP contribution >= 0.6 is 0 Å². The van der Waals surface area contributed by atoms with Crippen LogP contribution < -0.4 is 5.32 Å². The summed E-state index contributed by atoms with van der Waals surface area (Å²) in [5.74, 6) is 0. The standard InChI is InChI=1S/C20H23N5O/c1-17-5-7-19(8-6-17)23-20(26)25(15-18-4-2-9-21-14-18)12-3-11-24-13-10-22-16-24/h2,4-10,13-14,16H,3,11-12,15H2,1H3,(H,23,26). The maximum Gasteiger partial charge on any atom is 0.322 e. The first kappa shape index (κ1) is 17.7. The van der Waals surface area contributed by atoms with Crippen molar-refractivity contribution >= 4 is 11.7 Å². The molecule has 6 heteroatoms. The number of carbonyl (C=O) groups excluding carboxylic acids is 1. The third-order valence-electron chi connectivity index (χ3n) is 4.09. The highest BCUT2D eigenvalue weighted by Gasteiger charge is 2.14. The average Bonchev–Trinajstić information content (AvgIpc) is 3.17. The number of amides is 2. The number of anilines is 1. The number of imidazole rings is 1. The van der Waals surface area contributed by atoms with Gasteiger partial charge in [-0.2, -0.15) is 0 Å². The van der Waals surface area contributed by atoms with Crippen LogP contribution in [0, 0.1) is 6.92 Å². The predicted molar refractivity (Wildman–Crippen MR) is 102 cm³/mol. The Bertz CT molecular complexity index is 800. The first-order valence-corrected chi connectivity index (χ1v) is 8.68. The summed E-state index contributed by atoms with van der Waals surface area (Å²) >= 11 is 0. The molecule has 0 aliphatic heterocycles. The van der Waals surface area contributed by atoms with Crippen LogP contribution in [0.15, 0.2) is 67.5 Å². The molecule has 2 heterocycles. The normalized spacial score (nSPS) is 10.5. The van der Waals surface area contributed by atoms with Crippen LogP contribution in [0.25, 0.3) is 0 Å². The number of rotatable bonds is 7. The second-order valence-corrected chi connectivity index (χ2v) is 6.23. The molecule has 0 bridgehead atoms. The van der Waals surface area contributed by atoms with Gasteiger partial charge in [0.2, 0.25) is 0 Å². The maximum absolute atomic E-state index is 12.8. The zero-order valence-corrected chi connectivity index (χ0v) is 14.9. The average molecular weight is 349 g/mol. The lowest BCUT2D eigenvalue weighted by molar-refractivity contribution is 0.207. The number of urea groups is 1. The number of nitrogens with one attached hydrogen (secondary N) is 1. The molecule has 6 nitrogen and oxygen atoms in total. The van der Waals surface area contributed by atoms with Crippen molar-refractivity contribution < 1.29 is 4.79 Å². The van der Waals surface area contributed by atoms with E-state index in [9.17, 15) is 4.79 Å². The van der Waals surface area contributed by atoms with Gasteiger partial charge in [0.15, 0.2) is 0 Å². The molecule has 2 aromatic heterocycles. The van der Waals surface area contributed by atoms with Gasteiger partial charge in [0.1, 0.15) is 0 Å². The third kappa shape index (κ3) is 5.17. The van der Waals surface area contributed by atoms with Gasteiger partial charge in [-0.05, 0) is 37.1 Å². The molecule has 0 saturated heterocycles. The van der Waals surface area contributed by atoms with Gasteiger partial charge >= 0.3 is 6.03 Å². The summed E-state index contributed by atoms with van der Waals surface area (Å²) in [5.41, 5.74) is 2.97. The highest BCUT2D eigenvalue weighted by atomic mass is 16.2. The minimum Gasteiger partial charge on any atom is -0.337 e. The summed E-state index contributed by atoms with van der Waals surface area (Å²) in [5, 5.41) is 2.98. The lowest BCUT2D eigenvalue weighted by Crippen LogP contribution is -2.35. The molecule has 0 aliphatic rings. The Kier molecular flexibility index (Phi) is 5.98. The van der Waals surface area contributed by atoms with Gasteiger partial charge in [-0.25, -0.2) is 9.78 Å². The van der Waals surface area contributed by atoms with Gasteiger partial charge in [0, 0.05) is 50.1 Å². The molecule has 26 heavy (non-hydrogen) atoms. The SMILES string of the molecule is Cc1ccc(NC(=O)N(CCCn2ccnc2)Cc2cccnc2)cc1. The minimum atomic E-state index is -0.108. The van der Waals surface area contributed by atoms with E-state index in [1.165, 1.54) is 0 Å². The lowest BCUT2D eigenvalue weighted by Gasteiger charge is -2.23. The summed E-state index contributed by atoms with van der Waals surface area (Å²) in [4.78, 5) is 22.8. The van der Waals surface area contributed by atoms with Crippen LogP contribution in [0.1, 0.15) is 17.5 Å². The number of pyridine rings is 1. The van der Waals surface area contributed by atoms with Crippen molar-refractivity contribution in [1.82, 2.24) is 19.4 Å². The number of hydrogen-bond donors (Lipinski definition) is 1. The second-order valence-electron chi connectivity index (χ2n) is 6.23. The van der Waals surface area contributed by atoms with Crippen molar-refractivity contribution in [3.63, 3.8) is 0 Å². The van der Waals surface area contributed by atoms with Crippen molar-refractivity contribution in [2.75, 3.05) is 11.9 Å². The van der Waals surface area contributed by atoms with Crippen molar-refractivity contribution in [2.45, 2.75) is 26.4 Å². The highest BCUT2D eigenvalue weighted by Crippen LogP contribution is 2.12. The molecule has 0 unspecified atom stereocenters.